The van der Waals surface area contributed by atoms with Crippen LogP contribution in [0.15, 0.2) is 5.38 Å². The molecule has 98 valence electrons. The first kappa shape index (κ1) is 13.0. The summed E-state index contributed by atoms with van der Waals surface area (Å²) in [6.45, 7) is 2.46. The monoisotopic (exact) mass is 268 g/mol. The second kappa shape index (κ2) is 5.06. The van der Waals surface area contributed by atoms with E-state index in [1.54, 1.807) is 11.3 Å². The van der Waals surface area contributed by atoms with E-state index in [9.17, 15) is 9.59 Å². The average molecular weight is 268 g/mol. The van der Waals surface area contributed by atoms with Crippen molar-refractivity contribution >= 4 is 23.2 Å². The zero-order chi connectivity index (χ0) is 13.2. The molecule has 0 radical (unpaired) electrons. The smallest absolute Gasteiger partial charge is 0.319 e. The lowest BCUT2D eigenvalue weighted by atomic mass is 10.1. The van der Waals surface area contributed by atoms with Crippen LogP contribution in [0.5, 0.6) is 0 Å². The van der Waals surface area contributed by atoms with Gasteiger partial charge < -0.3 is 10.4 Å². The van der Waals surface area contributed by atoms with Crippen LogP contribution in [0.4, 0.5) is 0 Å². The summed E-state index contributed by atoms with van der Waals surface area (Å²) in [5, 5.41) is 14.7. The van der Waals surface area contributed by atoms with Crippen molar-refractivity contribution in [3.05, 3.63) is 16.1 Å². The third kappa shape index (κ3) is 2.69. The van der Waals surface area contributed by atoms with Crippen molar-refractivity contribution in [1.29, 1.82) is 0 Å². The highest BCUT2D eigenvalue weighted by molar-refractivity contribution is 7.09. The fraction of sp³-hybridized carbons (Fsp3) is 0.583. The van der Waals surface area contributed by atoms with Gasteiger partial charge in [-0.3, -0.25) is 9.59 Å². The van der Waals surface area contributed by atoms with E-state index < -0.39 is 11.4 Å². The summed E-state index contributed by atoms with van der Waals surface area (Å²) in [7, 11) is 0. The minimum absolute atomic E-state index is 0.342. The van der Waals surface area contributed by atoms with E-state index in [4.69, 9.17) is 5.11 Å². The number of thiazole rings is 1. The van der Waals surface area contributed by atoms with E-state index in [0.717, 1.165) is 23.5 Å². The van der Waals surface area contributed by atoms with Crippen molar-refractivity contribution in [2.45, 2.75) is 32.6 Å². The van der Waals surface area contributed by atoms with Crippen LogP contribution in [-0.2, 0) is 16.0 Å². The van der Waals surface area contributed by atoms with Gasteiger partial charge in [-0.15, -0.1) is 11.3 Å². The molecule has 0 aliphatic heterocycles. The number of nitrogens with zero attached hydrogens (tertiary/aromatic N) is 1. The van der Waals surface area contributed by atoms with Gasteiger partial charge in [-0.05, 0) is 26.2 Å². The van der Waals surface area contributed by atoms with Gasteiger partial charge in [0.1, 0.15) is 5.41 Å². The van der Waals surface area contributed by atoms with E-state index in [0.29, 0.717) is 19.4 Å². The molecule has 0 atom stereocenters. The summed E-state index contributed by atoms with van der Waals surface area (Å²) in [5.41, 5.74) is -0.112. The number of amides is 1. The minimum atomic E-state index is -1.13. The highest BCUT2D eigenvalue weighted by Gasteiger charge is 2.56. The Hall–Kier alpha value is -1.43. The topological polar surface area (TPSA) is 79.3 Å². The predicted octanol–water partition coefficient (Wildman–Crippen LogP) is 1.37. The summed E-state index contributed by atoms with van der Waals surface area (Å²) >= 11 is 1.61. The maximum absolute atomic E-state index is 11.7. The molecule has 0 spiro atoms. The van der Waals surface area contributed by atoms with Crippen LogP contribution in [0.2, 0.25) is 0 Å². The van der Waals surface area contributed by atoms with Crippen molar-refractivity contribution < 1.29 is 14.7 Å². The first-order valence-corrected chi connectivity index (χ1v) is 6.85. The van der Waals surface area contributed by atoms with E-state index in [1.807, 2.05) is 12.3 Å². The Kier molecular flexibility index (Phi) is 3.65. The second-order valence-electron chi connectivity index (χ2n) is 4.63. The summed E-state index contributed by atoms with van der Waals surface area (Å²) in [6.07, 6.45) is 2.52. The number of hydrogen-bond donors (Lipinski definition) is 2. The Bertz CT molecular complexity index is 466. The first-order valence-electron chi connectivity index (χ1n) is 5.97. The van der Waals surface area contributed by atoms with Crippen LogP contribution in [0.25, 0.3) is 0 Å². The SMILES string of the molecule is Cc1csc(CCCNC(=O)C2(C(=O)O)CC2)n1. The molecule has 0 saturated heterocycles. The number of carbonyl (C=O) groups is 2. The number of carboxylic acids is 1. The molecule has 2 N–H and O–H groups in total. The first-order chi connectivity index (χ1) is 8.54. The zero-order valence-corrected chi connectivity index (χ0v) is 11.0. The molecule has 1 aliphatic carbocycles. The van der Waals surface area contributed by atoms with Gasteiger partial charge >= 0.3 is 5.97 Å². The number of carbonyl (C=O) groups excluding carboxylic acids is 1. The van der Waals surface area contributed by atoms with Crippen LogP contribution in [0, 0.1) is 12.3 Å². The van der Waals surface area contributed by atoms with Crippen LogP contribution in [0.1, 0.15) is 30.0 Å². The second-order valence-corrected chi connectivity index (χ2v) is 5.57. The number of hydrogen-bond acceptors (Lipinski definition) is 4. The molecular formula is C12H16N2O3S. The van der Waals surface area contributed by atoms with Crippen molar-refractivity contribution in [1.82, 2.24) is 10.3 Å². The Morgan fingerprint density at radius 1 is 1.56 bits per heavy atom. The molecule has 1 aromatic heterocycles. The van der Waals surface area contributed by atoms with Gasteiger partial charge in [0, 0.05) is 24.0 Å². The molecule has 18 heavy (non-hydrogen) atoms. The van der Waals surface area contributed by atoms with Crippen molar-refractivity contribution in [2.75, 3.05) is 6.54 Å². The molecule has 1 aliphatic rings. The predicted molar refractivity (Wildman–Crippen MR) is 67.5 cm³/mol. The van der Waals surface area contributed by atoms with Crippen LogP contribution in [-0.4, -0.2) is 28.5 Å². The van der Waals surface area contributed by atoms with E-state index >= 15 is 0 Å². The molecular weight excluding hydrogens is 252 g/mol. The molecule has 0 bridgehead atoms. The number of aryl methyl sites for hydroxylation is 2. The van der Waals surface area contributed by atoms with Gasteiger partial charge in [0.05, 0.1) is 5.01 Å². The Labute approximate surface area is 109 Å². The Balaban J connectivity index is 1.70. The van der Waals surface area contributed by atoms with E-state index in [-0.39, 0.29) is 5.91 Å². The van der Waals surface area contributed by atoms with Gasteiger partial charge in [-0.2, -0.15) is 0 Å². The molecule has 2 rings (SSSR count). The summed E-state index contributed by atoms with van der Waals surface area (Å²) in [6, 6.07) is 0. The van der Waals surface area contributed by atoms with Gasteiger partial charge in [0.25, 0.3) is 0 Å². The minimum Gasteiger partial charge on any atom is -0.480 e. The van der Waals surface area contributed by atoms with Gasteiger partial charge in [-0.25, -0.2) is 4.98 Å². The van der Waals surface area contributed by atoms with Crippen molar-refractivity contribution in [3.63, 3.8) is 0 Å². The molecule has 1 amide bonds. The number of aromatic nitrogens is 1. The molecule has 0 aromatic carbocycles. The summed E-state index contributed by atoms with van der Waals surface area (Å²) < 4.78 is 0. The molecule has 1 aromatic rings. The normalized spacial score (nSPS) is 16.3. The lowest BCUT2D eigenvalue weighted by molar-refractivity contribution is -0.149. The summed E-state index contributed by atoms with van der Waals surface area (Å²) in [5.74, 6) is -1.35. The molecule has 1 heterocycles. The van der Waals surface area contributed by atoms with Crippen LogP contribution < -0.4 is 5.32 Å². The molecule has 1 saturated carbocycles. The molecule has 5 nitrogen and oxygen atoms in total. The summed E-state index contributed by atoms with van der Waals surface area (Å²) in [4.78, 5) is 26.9. The van der Waals surface area contributed by atoms with E-state index in [1.165, 1.54) is 0 Å². The van der Waals surface area contributed by atoms with Crippen molar-refractivity contribution in [2.24, 2.45) is 5.41 Å². The van der Waals surface area contributed by atoms with Gasteiger partial charge in [0.15, 0.2) is 0 Å². The molecule has 1 fully saturated rings. The standard InChI is InChI=1S/C12H16N2O3S/c1-8-7-18-9(14-8)3-2-6-13-10(15)12(4-5-12)11(16)17/h7H,2-6H2,1H3,(H,13,15)(H,16,17). The van der Waals surface area contributed by atoms with Gasteiger partial charge in [0.2, 0.25) is 5.91 Å². The van der Waals surface area contributed by atoms with Crippen LogP contribution >= 0.6 is 11.3 Å². The van der Waals surface area contributed by atoms with Crippen LogP contribution in [0.3, 0.4) is 0 Å². The van der Waals surface area contributed by atoms with Gasteiger partial charge in [-0.1, -0.05) is 0 Å². The zero-order valence-electron chi connectivity index (χ0n) is 10.2. The maximum Gasteiger partial charge on any atom is 0.319 e. The van der Waals surface area contributed by atoms with Crippen molar-refractivity contribution in [3.8, 4) is 0 Å². The quantitative estimate of drug-likeness (QED) is 0.603. The Morgan fingerprint density at radius 3 is 2.78 bits per heavy atom. The Morgan fingerprint density at radius 2 is 2.28 bits per heavy atom. The number of aliphatic carboxylic acids is 1. The lowest BCUT2D eigenvalue weighted by Gasteiger charge is -2.10. The molecule has 6 heteroatoms. The molecule has 0 unspecified atom stereocenters. The highest BCUT2D eigenvalue weighted by Crippen LogP contribution is 2.45. The fourth-order valence-electron chi connectivity index (χ4n) is 1.79. The average Bonchev–Trinajstić information content (AvgIpc) is 3.04. The number of rotatable bonds is 6. The number of carboxylic acid groups (broad SMARTS) is 1. The maximum atomic E-state index is 11.7. The third-order valence-corrected chi connectivity index (χ3v) is 4.14. The largest absolute Gasteiger partial charge is 0.480 e. The highest BCUT2D eigenvalue weighted by atomic mass is 32.1. The number of nitrogens with one attached hydrogen (secondary N) is 1. The van der Waals surface area contributed by atoms with E-state index in [2.05, 4.69) is 10.3 Å². The lowest BCUT2D eigenvalue weighted by Crippen LogP contribution is -2.37. The third-order valence-electron chi connectivity index (χ3n) is 3.11. The fourth-order valence-corrected chi connectivity index (χ4v) is 2.61.